The van der Waals surface area contributed by atoms with Gasteiger partial charge in [0.2, 0.25) is 5.75 Å². The van der Waals surface area contributed by atoms with Gasteiger partial charge in [-0.15, -0.1) is 0 Å². The molecule has 0 amide bonds. The Kier molecular flexibility index (Phi) is 5.17. The lowest BCUT2D eigenvalue weighted by atomic mass is 10.2. The molecular formula is C10H11BrClNO4. The largest absolute Gasteiger partial charge is 0.486 e. The van der Waals surface area contributed by atoms with Crippen LogP contribution in [0.4, 0.5) is 5.69 Å². The maximum atomic E-state index is 10.8. The third-order valence-electron chi connectivity index (χ3n) is 2.01. The minimum absolute atomic E-state index is 0.0427. The molecule has 1 aromatic carbocycles. The van der Waals surface area contributed by atoms with Gasteiger partial charge in [0.05, 0.1) is 16.0 Å². The molecule has 0 aromatic heterocycles. The lowest BCUT2D eigenvalue weighted by Crippen LogP contribution is -2.13. The number of halogens is 2. The van der Waals surface area contributed by atoms with Gasteiger partial charge in [-0.3, -0.25) is 10.1 Å². The Bertz CT molecular complexity index is 427. The minimum Gasteiger partial charge on any atom is -0.486 e. The van der Waals surface area contributed by atoms with E-state index in [0.717, 1.165) is 0 Å². The van der Waals surface area contributed by atoms with Crippen molar-refractivity contribution in [3.05, 3.63) is 31.7 Å². The fourth-order valence-corrected chi connectivity index (χ4v) is 2.01. The van der Waals surface area contributed by atoms with Crippen LogP contribution in [0.25, 0.3) is 0 Å². The second kappa shape index (κ2) is 6.18. The van der Waals surface area contributed by atoms with Gasteiger partial charge in [0.25, 0.3) is 0 Å². The van der Waals surface area contributed by atoms with E-state index < -0.39 is 4.92 Å². The smallest absolute Gasteiger partial charge is 0.313 e. The second-order valence-corrected chi connectivity index (χ2v) is 4.88. The van der Waals surface area contributed by atoms with Crippen LogP contribution in [0.1, 0.15) is 6.92 Å². The lowest BCUT2D eigenvalue weighted by molar-refractivity contribution is -0.386. The van der Waals surface area contributed by atoms with E-state index in [9.17, 15) is 10.1 Å². The van der Waals surface area contributed by atoms with E-state index in [1.54, 1.807) is 6.92 Å². The summed E-state index contributed by atoms with van der Waals surface area (Å²) in [6, 6.07) is 2.75. The third kappa shape index (κ3) is 3.83. The van der Waals surface area contributed by atoms with Crippen LogP contribution < -0.4 is 4.74 Å². The summed E-state index contributed by atoms with van der Waals surface area (Å²) >= 11 is 8.89. The maximum Gasteiger partial charge on any atom is 0.313 e. The third-order valence-corrected chi connectivity index (χ3v) is 2.82. The number of aliphatic hydroxyl groups is 1. The summed E-state index contributed by atoms with van der Waals surface area (Å²) < 4.78 is 5.75. The monoisotopic (exact) mass is 323 g/mol. The van der Waals surface area contributed by atoms with Crippen LogP contribution in [0, 0.1) is 16.0 Å². The number of nitrogens with zero attached hydrogens (tertiary/aromatic N) is 1. The molecule has 0 spiro atoms. The molecule has 0 aliphatic rings. The quantitative estimate of drug-likeness (QED) is 0.667. The van der Waals surface area contributed by atoms with Crippen molar-refractivity contribution in [2.24, 2.45) is 5.92 Å². The van der Waals surface area contributed by atoms with E-state index in [1.165, 1.54) is 12.1 Å². The first-order chi connectivity index (χ1) is 7.95. The van der Waals surface area contributed by atoms with Gasteiger partial charge in [0.15, 0.2) is 0 Å². The molecule has 1 rings (SSSR count). The van der Waals surface area contributed by atoms with Gasteiger partial charge in [-0.1, -0.05) is 18.5 Å². The summed E-state index contributed by atoms with van der Waals surface area (Å²) in [5.74, 6) is 0.0249. The number of hydrogen-bond acceptors (Lipinski definition) is 4. The van der Waals surface area contributed by atoms with Crippen molar-refractivity contribution in [2.45, 2.75) is 6.92 Å². The Labute approximate surface area is 112 Å². The molecule has 1 atom stereocenters. The highest BCUT2D eigenvalue weighted by Gasteiger charge is 2.20. The molecule has 1 unspecified atom stereocenters. The van der Waals surface area contributed by atoms with Crippen molar-refractivity contribution in [1.29, 1.82) is 0 Å². The van der Waals surface area contributed by atoms with E-state index in [0.29, 0.717) is 4.47 Å². The number of rotatable bonds is 5. The molecule has 1 aromatic rings. The molecule has 5 nitrogen and oxygen atoms in total. The molecule has 0 bridgehead atoms. The average molecular weight is 325 g/mol. The summed E-state index contributed by atoms with van der Waals surface area (Å²) in [5, 5.41) is 20.0. The van der Waals surface area contributed by atoms with Gasteiger partial charge >= 0.3 is 5.69 Å². The van der Waals surface area contributed by atoms with E-state index in [4.69, 9.17) is 21.4 Å². The molecule has 0 fully saturated rings. The summed E-state index contributed by atoms with van der Waals surface area (Å²) in [5.41, 5.74) is -0.200. The summed E-state index contributed by atoms with van der Waals surface area (Å²) in [4.78, 5) is 10.3. The van der Waals surface area contributed by atoms with Gasteiger partial charge in [-0.2, -0.15) is 0 Å². The first kappa shape index (κ1) is 14.2. The first-order valence-electron chi connectivity index (χ1n) is 4.82. The highest BCUT2D eigenvalue weighted by molar-refractivity contribution is 9.10. The van der Waals surface area contributed by atoms with E-state index >= 15 is 0 Å². The molecule has 0 saturated heterocycles. The zero-order chi connectivity index (χ0) is 13.0. The van der Waals surface area contributed by atoms with Crippen LogP contribution in [0.3, 0.4) is 0 Å². The SMILES string of the molecule is CC(CO)COc1c(Br)cc(Cl)cc1[N+](=O)[O-]. The van der Waals surface area contributed by atoms with Crippen molar-refractivity contribution < 1.29 is 14.8 Å². The van der Waals surface area contributed by atoms with Crippen LogP contribution >= 0.6 is 27.5 Å². The van der Waals surface area contributed by atoms with Crippen molar-refractivity contribution in [2.75, 3.05) is 13.2 Å². The molecule has 7 heteroatoms. The first-order valence-corrected chi connectivity index (χ1v) is 6.00. The summed E-state index contributed by atoms with van der Waals surface area (Å²) in [6.45, 7) is 1.92. The van der Waals surface area contributed by atoms with Crippen molar-refractivity contribution in [3.8, 4) is 5.75 Å². The Morgan fingerprint density at radius 2 is 2.29 bits per heavy atom. The van der Waals surface area contributed by atoms with E-state index in [1.807, 2.05) is 0 Å². The molecule has 0 saturated carbocycles. The molecule has 17 heavy (non-hydrogen) atoms. The molecule has 0 aliphatic heterocycles. The van der Waals surface area contributed by atoms with E-state index in [-0.39, 0.29) is 35.6 Å². The average Bonchev–Trinajstić information content (AvgIpc) is 2.26. The molecule has 94 valence electrons. The van der Waals surface area contributed by atoms with Crippen LogP contribution in [-0.4, -0.2) is 23.2 Å². The van der Waals surface area contributed by atoms with Crippen molar-refractivity contribution in [3.63, 3.8) is 0 Å². The molecule has 1 N–H and O–H groups in total. The molecular weight excluding hydrogens is 313 g/mol. The highest BCUT2D eigenvalue weighted by atomic mass is 79.9. The van der Waals surface area contributed by atoms with Crippen LogP contribution in [0.15, 0.2) is 16.6 Å². The van der Waals surface area contributed by atoms with Gasteiger partial charge in [0, 0.05) is 23.6 Å². The summed E-state index contributed by atoms with van der Waals surface area (Å²) in [6.07, 6.45) is 0. The van der Waals surface area contributed by atoms with Crippen molar-refractivity contribution in [1.82, 2.24) is 0 Å². The molecule has 0 heterocycles. The van der Waals surface area contributed by atoms with Gasteiger partial charge in [-0.05, 0) is 22.0 Å². The second-order valence-electron chi connectivity index (χ2n) is 3.59. The van der Waals surface area contributed by atoms with Gasteiger partial charge < -0.3 is 9.84 Å². The predicted molar refractivity (Wildman–Crippen MR) is 67.6 cm³/mol. The number of hydrogen-bond donors (Lipinski definition) is 1. The standard InChI is InChI=1S/C10H11BrClNO4/c1-6(4-14)5-17-10-8(11)2-7(12)3-9(10)13(15)16/h2-3,6,14H,4-5H2,1H3. The number of nitro benzene ring substituents is 1. The Hall–Kier alpha value is -0.850. The number of aliphatic hydroxyl groups excluding tert-OH is 1. The number of benzene rings is 1. The zero-order valence-electron chi connectivity index (χ0n) is 9.02. The maximum absolute atomic E-state index is 10.8. The Balaban J connectivity index is 3.00. The predicted octanol–water partition coefficient (Wildman–Crippen LogP) is 3.02. The number of nitro groups is 1. The van der Waals surface area contributed by atoms with Gasteiger partial charge in [-0.25, -0.2) is 0 Å². The van der Waals surface area contributed by atoms with Gasteiger partial charge in [0.1, 0.15) is 0 Å². The molecule has 0 radical (unpaired) electrons. The van der Waals surface area contributed by atoms with Crippen LogP contribution in [-0.2, 0) is 0 Å². The topological polar surface area (TPSA) is 72.6 Å². The lowest BCUT2D eigenvalue weighted by Gasteiger charge is -2.12. The van der Waals surface area contributed by atoms with Crippen LogP contribution in [0.2, 0.25) is 5.02 Å². The summed E-state index contributed by atoms with van der Waals surface area (Å²) in [7, 11) is 0. The fourth-order valence-electron chi connectivity index (χ4n) is 1.10. The van der Waals surface area contributed by atoms with Crippen LogP contribution in [0.5, 0.6) is 5.75 Å². The fraction of sp³-hybridized carbons (Fsp3) is 0.400. The normalized spacial score (nSPS) is 12.2. The van der Waals surface area contributed by atoms with E-state index in [2.05, 4.69) is 15.9 Å². The highest BCUT2D eigenvalue weighted by Crippen LogP contribution is 2.38. The minimum atomic E-state index is -0.560. The zero-order valence-corrected chi connectivity index (χ0v) is 11.4. The Morgan fingerprint density at radius 1 is 1.65 bits per heavy atom. The van der Waals surface area contributed by atoms with Crippen molar-refractivity contribution >= 4 is 33.2 Å². The Morgan fingerprint density at radius 3 is 2.82 bits per heavy atom. The number of ether oxygens (including phenoxy) is 1. The molecule has 0 aliphatic carbocycles.